The van der Waals surface area contributed by atoms with Crippen LogP contribution in [0, 0.1) is 13.0 Å². The Balaban J connectivity index is 1.40. The van der Waals surface area contributed by atoms with Crippen LogP contribution in [0.4, 0.5) is 10.1 Å². The zero-order valence-corrected chi connectivity index (χ0v) is 24.1. The molecule has 0 saturated carbocycles. The van der Waals surface area contributed by atoms with Crippen LogP contribution in [0.25, 0.3) is 16.8 Å². The Morgan fingerprint density at radius 1 is 0.919 bits per heavy atom. The summed E-state index contributed by atoms with van der Waals surface area (Å²) in [4.78, 5) is 26.8. The number of ether oxygens (including phenoxy) is 1. The van der Waals surface area contributed by atoms with E-state index in [2.05, 4.69) is 74.8 Å². The Bertz CT molecular complexity index is 1600. The van der Waals surface area contributed by atoms with Crippen molar-refractivity contribution >= 4 is 96.9 Å². The minimum Gasteiger partial charge on any atom is -0.487 e. The first-order valence-corrected chi connectivity index (χ1v) is 13.6. The SMILES string of the molecule is O=C1NC(=S)N(c2ccccc2F)C(=O)/C1=C/c1cc(I)c(OCc2ccc3ccccc3c2)c(I)c1. The lowest BCUT2D eigenvalue weighted by Crippen LogP contribution is -2.54. The summed E-state index contributed by atoms with van der Waals surface area (Å²) in [5, 5.41) is 4.63. The number of para-hydroxylation sites is 1. The van der Waals surface area contributed by atoms with Crippen LogP contribution in [0.15, 0.2) is 84.4 Å². The third-order valence-corrected chi connectivity index (χ3v) is 7.61. The van der Waals surface area contributed by atoms with E-state index in [1.54, 1.807) is 6.07 Å². The Hall–Kier alpha value is -2.90. The Labute approximate surface area is 245 Å². The van der Waals surface area contributed by atoms with Crippen molar-refractivity contribution in [2.24, 2.45) is 0 Å². The molecule has 1 aliphatic heterocycles. The number of benzene rings is 4. The molecule has 1 N–H and O–H groups in total. The maximum Gasteiger partial charge on any atom is 0.270 e. The Morgan fingerprint density at radius 3 is 2.32 bits per heavy atom. The van der Waals surface area contributed by atoms with E-state index >= 15 is 0 Å². The number of carbonyl (C=O) groups excluding carboxylic acids is 2. The van der Waals surface area contributed by atoms with Crippen molar-refractivity contribution in [1.29, 1.82) is 0 Å². The van der Waals surface area contributed by atoms with Crippen molar-refractivity contribution in [3.8, 4) is 5.75 Å². The summed E-state index contributed by atoms with van der Waals surface area (Å²) >= 11 is 9.49. The molecule has 1 fully saturated rings. The van der Waals surface area contributed by atoms with Crippen molar-refractivity contribution in [1.82, 2.24) is 5.32 Å². The first-order valence-electron chi connectivity index (χ1n) is 11.1. The Kier molecular flexibility index (Phi) is 7.54. The smallest absolute Gasteiger partial charge is 0.270 e. The molecule has 5 rings (SSSR count). The highest BCUT2D eigenvalue weighted by molar-refractivity contribution is 14.1. The van der Waals surface area contributed by atoms with Gasteiger partial charge in [-0.3, -0.25) is 14.9 Å². The summed E-state index contributed by atoms with van der Waals surface area (Å²) in [6.45, 7) is 0.396. The van der Waals surface area contributed by atoms with Crippen LogP contribution in [0.1, 0.15) is 11.1 Å². The Morgan fingerprint density at radius 2 is 1.59 bits per heavy atom. The average molecular weight is 734 g/mol. The molecule has 4 aromatic rings. The molecule has 9 heteroatoms. The minimum absolute atomic E-state index is 0.0231. The number of anilines is 1. The molecule has 0 spiro atoms. The molecule has 1 aliphatic rings. The highest BCUT2D eigenvalue weighted by Gasteiger charge is 2.35. The van der Waals surface area contributed by atoms with Gasteiger partial charge in [0.25, 0.3) is 11.8 Å². The van der Waals surface area contributed by atoms with E-state index in [0.29, 0.717) is 17.9 Å². The predicted molar refractivity (Wildman–Crippen MR) is 163 cm³/mol. The number of halogens is 3. The fourth-order valence-corrected chi connectivity index (χ4v) is 6.36. The highest BCUT2D eigenvalue weighted by Crippen LogP contribution is 2.32. The van der Waals surface area contributed by atoms with Gasteiger partial charge in [-0.05, 0) is 116 Å². The molecule has 0 aromatic heterocycles. The second kappa shape index (κ2) is 10.8. The van der Waals surface area contributed by atoms with E-state index < -0.39 is 17.6 Å². The van der Waals surface area contributed by atoms with Crippen molar-refractivity contribution in [3.05, 3.63) is 109 Å². The van der Waals surface area contributed by atoms with Crippen LogP contribution < -0.4 is 15.0 Å². The quantitative estimate of drug-likeness (QED) is 0.109. The van der Waals surface area contributed by atoms with E-state index in [4.69, 9.17) is 17.0 Å². The van der Waals surface area contributed by atoms with Gasteiger partial charge in [-0.15, -0.1) is 0 Å². The molecule has 0 atom stereocenters. The first kappa shape index (κ1) is 25.7. The van der Waals surface area contributed by atoms with Gasteiger partial charge in [0, 0.05) is 0 Å². The molecule has 1 saturated heterocycles. The fraction of sp³-hybridized carbons (Fsp3) is 0.0357. The number of nitrogens with zero attached hydrogens (tertiary/aromatic N) is 1. The van der Waals surface area contributed by atoms with Crippen LogP contribution in [-0.2, 0) is 16.2 Å². The molecule has 0 unspecified atom stereocenters. The first-order chi connectivity index (χ1) is 17.8. The number of rotatable bonds is 5. The number of hydrogen-bond acceptors (Lipinski definition) is 4. The molecular weight excluding hydrogens is 717 g/mol. The van der Waals surface area contributed by atoms with Gasteiger partial charge in [0.15, 0.2) is 5.11 Å². The lowest BCUT2D eigenvalue weighted by atomic mass is 10.1. The number of nitrogens with one attached hydrogen (secondary N) is 1. The van der Waals surface area contributed by atoms with Crippen molar-refractivity contribution in [2.45, 2.75) is 6.61 Å². The van der Waals surface area contributed by atoms with Gasteiger partial charge in [0.2, 0.25) is 0 Å². The topological polar surface area (TPSA) is 58.6 Å². The van der Waals surface area contributed by atoms with Gasteiger partial charge < -0.3 is 4.74 Å². The van der Waals surface area contributed by atoms with Crippen LogP contribution >= 0.6 is 57.4 Å². The standard InChI is InChI=1S/C28H17FI2N2O3S/c29-21-7-3-4-8-24(21)33-27(35)20(26(34)32-28(33)37)12-17-13-22(30)25(23(31)14-17)36-15-16-9-10-18-5-1-2-6-19(18)11-16/h1-14H,15H2,(H,32,34,37)/b20-12+. The molecule has 5 nitrogen and oxygen atoms in total. The number of hydrogen-bond donors (Lipinski definition) is 1. The molecular formula is C28H17FI2N2O3S. The van der Waals surface area contributed by atoms with E-state index in [9.17, 15) is 14.0 Å². The summed E-state index contributed by atoms with van der Waals surface area (Å²) in [6, 6.07) is 23.8. The van der Waals surface area contributed by atoms with Gasteiger partial charge >= 0.3 is 0 Å². The normalized spacial score (nSPS) is 14.8. The summed E-state index contributed by atoms with van der Waals surface area (Å²) in [5.41, 5.74) is 1.51. The summed E-state index contributed by atoms with van der Waals surface area (Å²) in [7, 11) is 0. The third kappa shape index (κ3) is 5.39. The zero-order valence-electron chi connectivity index (χ0n) is 19.0. The lowest BCUT2D eigenvalue weighted by Gasteiger charge is -2.29. The van der Waals surface area contributed by atoms with E-state index in [1.165, 1.54) is 29.7 Å². The number of carbonyl (C=O) groups is 2. The van der Waals surface area contributed by atoms with Gasteiger partial charge in [-0.1, -0.05) is 48.5 Å². The largest absolute Gasteiger partial charge is 0.487 e. The summed E-state index contributed by atoms with van der Waals surface area (Å²) in [5.74, 6) is -1.24. The zero-order chi connectivity index (χ0) is 26.1. The number of fused-ring (bicyclic) bond motifs is 1. The van der Waals surface area contributed by atoms with E-state index in [-0.39, 0.29) is 16.4 Å². The summed E-state index contributed by atoms with van der Waals surface area (Å²) in [6.07, 6.45) is 1.48. The van der Waals surface area contributed by atoms with Crippen LogP contribution in [0.3, 0.4) is 0 Å². The lowest BCUT2D eigenvalue weighted by molar-refractivity contribution is -0.122. The van der Waals surface area contributed by atoms with Gasteiger partial charge in [0.05, 0.1) is 12.8 Å². The maximum atomic E-state index is 14.4. The minimum atomic E-state index is -0.694. The monoisotopic (exact) mass is 734 g/mol. The van der Waals surface area contributed by atoms with Gasteiger partial charge in [0.1, 0.15) is 23.7 Å². The fourth-order valence-electron chi connectivity index (χ4n) is 3.96. The van der Waals surface area contributed by atoms with Crippen LogP contribution in [-0.4, -0.2) is 16.9 Å². The number of amides is 2. The van der Waals surface area contributed by atoms with Crippen LogP contribution in [0.2, 0.25) is 0 Å². The van der Waals surface area contributed by atoms with E-state index in [0.717, 1.165) is 23.0 Å². The maximum absolute atomic E-state index is 14.4. The van der Waals surface area contributed by atoms with Crippen molar-refractivity contribution in [3.63, 3.8) is 0 Å². The predicted octanol–water partition coefficient (Wildman–Crippen LogP) is 6.60. The van der Waals surface area contributed by atoms with E-state index in [1.807, 2.05) is 30.3 Å². The van der Waals surface area contributed by atoms with Gasteiger partial charge in [-0.2, -0.15) is 0 Å². The van der Waals surface area contributed by atoms with Crippen LogP contribution in [0.5, 0.6) is 5.75 Å². The molecule has 2 amide bonds. The molecule has 4 aromatic carbocycles. The summed E-state index contributed by atoms with van der Waals surface area (Å²) < 4.78 is 22.2. The van der Waals surface area contributed by atoms with Gasteiger partial charge in [-0.25, -0.2) is 9.29 Å². The second-order valence-electron chi connectivity index (χ2n) is 8.19. The molecule has 1 heterocycles. The average Bonchev–Trinajstić information content (AvgIpc) is 2.87. The molecule has 184 valence electrons. The molecule has 0 aliphatic carbocycles. The number of thiocarbonyl (C=S) groups is 1. The molecule has 0 bridgehead atoms. The molecule has 37 heavy (non-hydrogen) atoms. The highest BCUT2D eigenvalue weighted by atomic mass is 127. The van der Waals surface area contributed by atoms with Crippen molar-refractivity contribution < 1.29 is 18.7 Å². The van der Waals surface area contributed by atoms with Crippen molar-refractivity contribution in [2.75, 3.05) is 4.90 Å². The third-order valence-electron chi connectivity index (χ3n) is 5.72. The second-order valence-corrected chi connectivity index (χ2v) is 10.9. The molecule has 0 radical (unpaired) electrons.